The molecule has 1 saturated heterocycles. The van der Waals surface area contributed by atoms with Gasteiger partial charge in [-0.1, -0.05) is 0 Å². The lowest BCUT2D eigenvalue weighted by atomic mass is 10.2. The van der Waals surface area contributed by atoms with Crippen molar-refractivity contribution in [1.29, 1.82) is 0 Å². The van der Waals surface area contributed by atoms with E-state index >= 15 is 0 Å². The molecule has 2 aromatic heterocycles. The maximum absolute atomic E-state index is 12.1. The number of aromatic nitrogens is 3. The number of nitrogens with zero attached hydrogens (tertiary/aromatic N) is 2. The summed E-state index contributed by atoms with van der Waals surface area (Å²) in [5.41, 5.74) is 2.00. The monoisotopic (exact) mass is 231 g/mol. The Hall–Kier alpha value is -1.95. The Kier molecular flexibility index (Phi) is 2.49. The Balaban J connectivity index is 1.87. The lowest BCUT2D eigenvalue weighted by Crippen LogP contribution is -2.36. The van der Waals surface area contributed by atoms with E-state index in [1.807, 2.05) is 0 Å². The van der Waals surface area contributed by atoms with Crippen LogP contribution in [-0.4, -0.2) is 40.0 Å². The van der Waals surface area contributed by atoms with Crippen LogP contribution in [0.2, 0.25) is 0 Å². The van der Waals surface area contributed by atoms with Crippen LogP contribution in [0.1, 0.15) is 16.8 Å². The third kappa shape index (κ3) is 1.87. The molecular formula is C11H13N5O. The van der Waals surface area contributed by atoms with Crippen LogP contribution in [0.5, 0.6) is 0 Å². The topological polar surface area (TPSA) is 82.7 Å². The molecule has 2 aromatic rings. The van der Waals surface area contributed by atoms with Crippen LogP contribution in [0, 0.1) is 0 Å². The van der Waals surface area contributed by atoms with Crippen LogP contribution >= 0.6 is 0 Å². The van der Waals surface area contributed by atoms with Gasteiger partial charge in [0, 0.05) is 18.8 Å². The minimum Gasteiger partial charge on any atom is -0.348 e. The summed E-state index contributed by atoms with van der Waals surface area (Å²) >= 11 is 0. The lowest BCUT2D eigenvalue weighted by Gasteiger charge is -2.11. The van der Waals surface area contributed by atoms with Gasteiger partial charge in [0.1, 0.15) is 5.52 Å². The summed E-state index contributed by atoms with van der Waals surface area (Å²) in [6.07, 6.45) is 5.75. The van der Waals surface area contributed by atoms with Gasteiger partial charge >= 0.3 is 0 Å². The smallest absolute Gasteiger partial charge is 0.255 e. The largest absolute Gasteiger partial charge is 0.348 e. The van der Waals surface area contributed by atoms with Gasteiger partial charge in [-0.15, -0.1) is 0 Å². The highest BCUT2D eigenvalue weighted by atomic mass is 16.1. The highest BCUT2D eigenvalue weighted by molar-refractivity contribution is 6.04. The van der Waals surface area contributed by atoms with Gasteiger partial charge in [-0.25, -0.2) is 4.98 Å². The predicted molar refractivity (Wildman–Crippen MR) is 62.6 cm³/mol. The van der Waals surface area contributed by atoms with E-state index in [0.717, 1.165) is 25.0 Å². The molecular weight excluding hydrogens is 218 g/mol. The minimum atomic E-state index is -0.0962. The minimum absolute atomic E-state index is 0.0962. The molecule has 1 fully saturated rings. The molecule has 3 N–H and O–H groups in total. The van der Waals surface area contributed by atoms with E-state index in [9.17, 15) is 4.79 Å². The van der Waals surface area contributed by atoms with Crippen LogP contribution in [-0.2, 0) is 0 Å². The molecule has 6 heteroatoms. The van der Waals surface area contributed by atoms with Crippen molar-refractivity contribution in [3.05, 3.63) is 24.3 Å². The quantitative estimate of drug-likeness (QED) is 0.682. The average Bonchev–Trinajstić information content (AvgIpc) is 2.97. The third-order valence-corrected chi connectivity index (χ3v) is 2.98. The number of carbonyl (C=O) groups excluding carboxylic acids is 1. The molecule has 0 saturated carbocycles. The number of amides is 1. The van der Waals surface area contributed by atoms with E-state index in [1.165, 1.54) is 0 Å². The molecule has 6 nitrogen and oxygen atoms in total. The maximum atomic E-state index is 12.1. The molecule has 0 aromatic carbocycles. The van der Waals surface area contributed by atoms with Gasteiger partial charge in [-0.3, -0.25) is 9.78 Å². The summed E-state index contributed by atoms with van der Waals surface area (Å²) in [6.45, 7) is 1.79. The fourth-order valence-electron chi connectivity index (χ4n) is 2.08. The molecule has 1 aliphatic heterocycles. The van der Waals surface area contributed by atoms with Gasteiger partial charge in [0.2, 0.25) is 0 Å². The van der Waals surface area contributed by atoms with Gasteiger partial charge in [0.25, 0.3) is 5.91 Å². The Morgan fingerprint density at radius 3 is 3.24 bits per heavy atom. The van der Waals surface area contributed by atoms with Crippen LogP contribution in [0.4, 0.5) is 0 Å². The van der Waals surface area contributed by atoms with E-state index in [0.29, 0.717) is 11.1 Å². The van der Waals surface area contributed by atoms with Crippen molar-refractivity contribution in [1.82, 2.24) is 25.6 Å². The SMILES string of the molecule is O=C(NC1CCNC1)c1cncc2nc[nH]c12. The number of imidazole rings is 1. The lowest BCUT2D eigenvalue weighted by molar-refractivity contribution is 0.0941. The molecule has 3 rings (SSSR count). The molecule has 3 heterocycles. The summed E-state index contributed by atoms with van der Waals surface area (Å²) in [4.78, 5) is 23.2. The van der Waals surface area contributed by atoms with Crippen molar-refractivity contribution in [3.63, 3.8) is 0 Å². The standard InChI is InChI=1S/C11H13N5O/c17-11(16-7-1-2-12-3-7)8-4-13-5-9-10(8)15-6-14-9/h4-7,12H,1-3H2,(H,14,15)(H,16,17). The van der Waals surface area contributed by atoms with Gasteiger partial charge in [0.05, 0.1) is 23.6 Å². The molecule has 0 spiro atoms. The number of carbonyl (C=O) groups is 1. The first-order valence-corrected chi connectivity index (χ1v) is 5.63. The number of H-pyrrole nitrogens is 1. The molecule has 1 aliphatic rings. The maximum Gasteiger partial charge on any atom is 0.255 e. The van der Waals surface area contributed by atoms with Gasteiger partial charge in [-0.2, -0.15) is 0 Å². The summed E-state index contributed by atoms with van der Waals surface area (Å²) in [5, 5.41) is 6.20. The second-order valence-corrected chi connectivity index (χ2v) is 4.15. The Bertz CT molecular complexity index is 544. The number of pyridine rings is 1. The van der Waals surface area contributed by atoms with Crippen LogP contribution in [0.3, 0.4) is 0 Å². The Morgan fingerprint density at radius 2 is 2.41 bits per heavy atom. The second-order valence-electron chi connectivity index (χ2n) is 4.15. The summed E-state index contributed by atoms with van der Waals surface area (Å²) in [5.74, 6) is -0.0962. The fraction of sp³-hybridized carbons (Fsp3) is 0.364. The Labute approximate surface area is 97.8 Å². The van der Waals surface area contributed by atoms with E-state index in [1.54, 1.807) is 18.7 Å². The highest BCUT2D eigenvalue weighted by Gasteiger charge is 2.19. The van der Waals surface area contributed by atoms with Crippen molar-refractivity contribution in [2.75, 3.05) is 13.1 Å². The van der Waals surface area contributed by atoms with E-state index < -0.39 is 0 Å². The molecule has 1 atom stereocenters. The van der Waals surface area contributed by atoms with E-state index in [-0.39, 0.29) is 11.9 Å². The molecule has 0 bridgehead atoms. The molecule has 1 unspecified atom stereocenters. The summed E-state index contributed by atoms with van der Waals surface area (Å²) in [7, 11) is 0. The molecule has 88 valence electrons. The molecule has 0 radical (unpaired) electrons. The van der Waals surface area contributed by atoms with Crippen LogP contribution in [0.15, 0.2) is 18.7 Å². The van der Waals surface area contributed by atoms with Gasteiger partial charge in [-0.05, 0) is 13.0 Å². The van der Waals surface area contributed by atoms with Crippen molar-refractivity contribution < 1.29 is 4.79 Å². The number of nitrogens with one attached hydrogen (secondary N) is 3. The van der Waals surface area contributed by atoms with Crippen molar-refractivity contribution >= 4 is 16.9 Å². The number of hydrogen-bond donors (Lipinski definition) is 3. The number of aromatic amines is 1. The number of hydrogen-bond acceptors (Lipinski definition) is 4. The van der Waals surface area contributed by atoms with Gasteiger partial charge in [0.15, 0.2) is 0 Å². The van der Waals surface area contributed by atoms with E-state index in [2.05, 4.69) is 25.6 Å². The normalized spacial score (nSPS) is 19.6. The van der Waals surface area contributed by atoms with Gasteiger partial charge < -0.3 is 15.6 Å². The zero-order valence-electron chi connectivity index (χ0n) is 9.23. The Morgan fingerprint density at radius 1 is 1.47 bits per heavy atom. The first-order chi connectivity index (χ1) is 8.34. The van der Waals surface area contributed by atoms with Crippen molar-refractivity contribution in [3.8, 4) is 0 Å². The van der Waals surface area contributed by atoms with E-state index in [4.69, 9.17) is 0 Å². The van der Waals surface area contributed by atoms with Crippen LogP contribution in [0.25, 0.3) is 11.0 Å². The first kappa shape index (κ1) is 10.2. The van der Waals surface area contributed by atoms with Crippen molar-refractivity contribution in [2.24, 2.45) is 0 Å². The summed E-state index contributed by atoms with van der Waals surface area (Å²) < 4.78 is 0. The summed E-state index contributed by atoms with van der Waals surface area (Å²) in [6, 6.07) is 0.209. The molecule has 17 heavy (non-hydrogen) atoms. The molecule has 1 amide bonds. The third-order valence-electron chi connectivity index (χ3n) is 2.98. The average molecular weight is 231 g/mol. The second kappa shape index (κ2) is 4.14. The van der Waals surface area contributed by atoms with Crippen LogP contribution < -0.4 is 10.6 Å². The van der Waals surface area contributed by atoms with Crippen molar-refractivity contribution in [2.45, 2.75) is 12.5 Å². The highest BCUT2D eigenvalue weighted by Crippen LogP contribution is 2.13. The molecule has 0 aliphatic carbocycles. The first-order valence-electron chi connectivity index (χ1n) is 5.63. The zero-order valence-corrected chi connectivity index (χ0v) is 9.23. The number of rotatable bonds is 2. The number of fused-ring (bicyclic) bond motifs is 1. The zero-order chi connectivity index (χ0) is 11.7. The fourth-order valence-corrected chi connectivity index (χ4v) is 2.08. The predicted octanol–water partition coefficient (Wildman–Crippen LogP) is 0.0496.